The molecule has 1 aromatic heterocycles. The lowest BCUT2D eigenvalue weighted by Crippen LogP contribution is -2.17. The average Bonchev–Trinajstić information content (AvgIpc) is 3.18. The number of hydrogen-bond donors (Lipinski definition) is 1. The molecule has 3 aromatic rings. The fourth-order valence-electron chi connectivity index (χ4n) is 3.20. The van der Waals surface area contributed by atoms with Crippen LogP contribution in [0.15, 0.2) is 52.1 Å². The largest absolute Gasteiger partial charge is 0.484 e. The first-order valence-electron chi connectivity index (χ1n) is 10.4. The van der Waals surface area contributed by atoms with Crippen LogP contribution in [0, 0.1) is 6.92 Å². The molecule has 0 aliphatic carbocycles. The molecule has 0 fully saturated rings. The third-order valence-corrected chi connectivity index (χ3v) is 5.58. The van der Waals surface area contributed by atoms with Crippen LogP contribution in [0.25, 0.3) is 0 Å². The molecule has 2 aromatic carbocycles. The van der Waals surface area contributed by atoms with Gasteiger partial charge in [-0.15, -0.1) is 10.2 Å². The van der Waals surface area contributed by atoms with E-state index in [-0.39, 0.29) is 18.3 Å². The number of aryl methyl sites for hydroxylation is 1. The van der Waals surface area contributed by atoms with Crippen LogP contribution in [0.3, 0.4) is 0 Å². The van der Waals surface area contributed by atoms with Crippen molar-refractivity contribution in [2.24, 2.45) is 0 Å². The summed E-state index contributed by atoms with van der Waals surface area (Å²) in [4.78, 5) is 12.6. The second kappa shape index (κ2) is 10.5. The zero-order chi connectivity index (χ0) is 22.4. The molecule has 3 rings (SSSR count). The van der Waals surface area contributed by atoms with Gasteiger partial charge in [-0.05, 0) is 47.6 Å². The zero-order valence-corrected chi connectivity index (χ0v) is 19.5. The van der Waals surface area contributed by atoms with Gasteiger partial charge < -0.3 is 14.5 Å². The van der Waals surface area contributed by atoms with Crippen LogP contribution >= 0.6 is 11.8 Å². The maximum absolute atomic E-state index is 12.6. The molecule has 0 aliphatic heterocycles. The highest BCUT2D eigenvalue weighted by Gasteiger charge is 2.17. The number of carbonyl (C=O) groups is 1. The third-order valence-electron chi connectivity index (χ3n) is 4.76. The molecule has 1 N–H and O–H groups in total. The number of benzene rings is 2. The number of carbonyl (C=O) groups excluding carboxylic acids is 1. The second-order valence-electron chi connectivity index (χ2n) is 8.02. The summed E-state index contributed by atoms with van der Waals surface area (Å²) in [5.41, 5.74) is 4.30. The van der Waals surface area contributed by atoms with Crippen LogP contribution in [0.5, 0.6) is 5.75 Å². The van der Waals surface area contributed by atoms with Gasteiger partial charge in [0.15, 0.2) is 6.61 Å². The summed E-state index contributed by atoms with van der Waals surface area (Å²) >= 11 is 1.21. The first-order chi connectivity index (χ1) is 14.8. The van der Waals surface area contributed by atoms with Crippen molar-refractivity contribution in [1.82, 2.24) is 10.2 Å². The van der Waals surface area contributed by atoms with Crippen LogP contribution in [0.4, 0.5) is 5.69 Å². The molecular formula is C24H29N3O3S. The van der Waals surface area contributed by atoms with E-state index < -0.39 is 0 Å². The molecule has 7 heteroatoms. The van der Waals surface area contributed by atoms with E-state index in [0.29, 0.717) is 22.9 Å². The topological polar surface area (TPSA) is 77.2 Å². The Morgan fingerprint density at radius 2 is 1.74 bits per heavy atom. The van der Waals surface area contributed by atoms with Gasteiger partial charge in [-0.2, -0.15) is 0 Å². The van der Waals surface area contributed by atoms with Crippen molar-refractivity contribution in [3.05, 3.63) is 65.0 Å². The van der Waals surface area contributed by atoms with Crippen molar-refractivity contribution in [2.75, 3.05) is 11.1 Å². The van der Waals surface area contributed by atoms with E-state index in [4.69, 9.17) is 9.15 Å². The number of nitrogens with zero attached hydrogens (tertiary/aromatic N) is 2. The number of thioether (sulfide) groups is 1. The lowest BCUT2D eigenvalue weighted by Gasteiger charge is -2.20. The molecule has 0 atom stereocenters. The number of rotatable bonds is 9. The summed E-state index contributed by atoms with van der Waals surface area (Å²) in [5, 5.41) is 11.4. The van der Waals surface area contributed by atoms with E-state index in [1.165, 1.54) is 11.8 Å². The minimum Gasteiger partial charge on any atom is -0.484 e. The van der Waals surface area contributed by atoms with Crippen molar-refractivity contribution in [1.29, 1.82) is 0 Å². The van der Waals surface area contributed by atoms with E-state index in [2.05, 4.69) is 55.3 Å². The Kier molecular flexibility index (Phi) is 7.74. The van der Waals surface area contributed by atoms with Crippen LogP contribution < -0.4 is 10.1 Å². The first kappa shape index (κ1) is 22.9. The monoisotopic (exact) mass is 439 g/mol. The standard InChI is InChI=1S/C24H29N3O3S/c1-15(2)19-10-7-11-20(16(3)4)23(19)25-21(28)14-31-24-27-26-22(30-24)13-29-18-9-6-8-17(5)12-18/h6-12,15-16H,13-14H2,1-5H3,(H,25,28). The van der Waals surface area contributed by atoms with E-state index in [1.54, 1.807) is 0 Å². The molecule has 164 valence electrons. The fraction of sp³-hybridized carbons (Fsp3) is 0.375. The van der Waals surface area contributed by atoms with Gasteiger partial charge in [-0.3, -0.25) is 4.79 Å². The van der Waals surface area contributed by atoms with E-state index in [9.17, 15) is 4.79 Å². The number of para-hydroxylation sites is 1. The average molecular weight is 440 g/mol. The quantitative estimate of drug-likeness (QED) is 0.416. The van der Waals surface area contributed by atoms with Gasteiger partial charge in [0, 0.05) is 5.69 Å². The molecule has 0 bridgehead atoms. The molecule has 0 unspecified atom stereocenters. The van der Waals surface area contributed by atoms with Crippen molar-refractivity contribution < 1.29 is 13.9 Å². The Morgan fingerprint density at radius 1 is 1.06 bits per heavy atom. The molecule has 0 saturated heterocycles. The molecule has 1 heterocycles. The van der Waals surface area contributed by atoms with Gasteiger partial charge in [0.05, 0.1) is 5.75 Å². The highest BCUT2D eigenvalue weighted by atomic mass is 32.2. The van der Waals surface area contributed by atoms with Crippen LogP contribution in [0.2, 0.25) is 0 Å². The van der Waals surface area contributed by atoms with Crippen LogP contribution in [-0.2, 0) is 11.4 Å². The second-order valence-corrected chi connectivity index (χ2v) is 8.95. The Bertz CT molecular complexity index is 1000. The summed E-state index contributed by atoms with van der Waals surface area (Å²) in [7, 11) is 0. The minimum absolute atomic E-state index is 0.101. The lowest BCUT2D eigenvalue weighted by molar-refractivity contribution is -0.113. The summed E-state index contributed by atoms with van der Waals surface area (Å²) in [6.07, 6.45) is 0. The van der Waals surface area contributed by atoms with Gasteiger partial charge in [-0.25, -0.2) is 0 Å². The molecule has 31 heavy (non-hydrogen) atoms. The molecule has 0 saturated carbocycles. The summed E-state index contributed by atoms with van der Waals surface area (Å²) in [6, 6.07) is 13.9. The highest BCUT2D eigenvalue weighted by Crippen LogP contribution is 2.32. The third kappa shape index (κ3) is 6.34. The number of anilines is 1. The normalized spacial score (nSPS) is 11.2. The van der Waals surface area contributed by atoms with Crippen LogP contribution in [-0.4, -0.2) is 21.9 Å². The van der Waals surface area contributed by atoms with E-state index in [1.807, 2.05) is 37.3 Å². The number of aromatic nitrogens is 2. The predicted molar refractivity (Wildman–Crippen MR) is 124 cm³/mol. The van der Waals surface area contributed by atoms with E-state index >= 15 is 0 Å². The Balaban J connectivity index is 1.57. The van der Waals surface area contributed by atoms with Crippen molar-refractivity contribution in [3.63, 3.8) is 0 Å². The first-order valence-corrected chi connectivity index (χ1v) is 11.4. The number of nitrogens with one attached hydrogen (secondary N) is 1. The van der Waals surface area contributed by atoms with E-state index in [0.717, 1.165) is 28.1 Å². The molecule has 0 radical (unpaired) electrons. The zero-order valence-electron chi connectivity index (χ0n) is 18.6. The number of ether oxygens (including phenoxy) is 1. The highest BCUT2D eigenvalue weighted by molar-refractivity contribution is 7.99. The number of amides is 1. The summed E-state index contributed by atoms with van der Waals surface area (Å²) < 4.78 is 11.3. The number of hydrogen-bond acceptors (Lipinski definition) is 6. The Labute approximate surface area is 187 Å². The Hall–Kier alpha value is -2.80. The summed E-state index contributed by atoms with van der Waals surface area (Å²) in [6.45, 7) is 10.7. The van der Waals surface area contributed by atoms with Crippen LogP contribution in [0.1, 0.15) is 62.1 Å². The van der Waals surface area contributed by atoms with Gasteiger partial charge >= 0.3 is 0 Å². The maximum Gasteiger partial charge on any atom is 0.277 e. The fourth-order valence-corrected chi connectivity index (χ4v) is 3.78. The predicted octanol–water partition coefficient (Wildman–Crippen LogP) is 5.93. The van der Waals surface area contributed by atoms with Gasteiger partial charge in [0.2, 0.25) is 5.91 Å². The van der Waals surface area contributed by atoms with Gasteiger partial charge in [0.25, 0.3) is 11.1 Å². The molecular weight excluding hydrogens is 410 g/mol. The van der Waals surface area contributed by atoms with Gasteiger partial charge in [0.1, 0.15) is 5.75 Å². The molecule has 0 spiro atoms. The smallest absolute Gasteiger partial charge is 0.277 e. The van der Waals surface area contributed by atoms with Crippen molar-refractivity contribution >= 4 is 23.4 Å². The molecule has 0 aliphatic rings. The van der Waals surface area contributed by atoms with Gasteiger partial charge in [-0.1, -0.05) is 69.8 Å². The molecule has 6 nitrogen and oxygen atoms in total. The SMILES string of the molecule is Cc1cccc(OCc2nnc(SCC(=O)Nc3c(C(C)C)cccc3C(C)C)o2)c1. The van der Waals surface area contributed by atoms with Crippen molar-refractivity contribution in [2.45, 2.75) is 58.3 Å². The van der Waals surface area contributed by atoms with Crippen molar-refractivity contribution in [3.8, 4) is 5.75 Å². The Morgan fingerprint density at radius 3 is 2.39 bits per heavy atom. The maximum atomic E-state index is 12.6. The minimum atomic E-state index is -0.101. The lowest BCUT2D eigenvalue weighted by atomic mass is 9.92. The molecule has 1 amide bonds. The summed E-state index contributed by atoms with van der Waals surface area (Å²) in [5.74, 6) is 1.83.